The van der Waals surface area contributed by atoms with Gasteiger partial charge in [-0.15, -0.1) is 0 Å². The quantitative estimate of drug-likeness (QED) is 0.672. The van der Waals surface area contributed by atoms with E-state index in [4.69, 9.17) is 0 Å². The van der Waals surface area contributed by atoms with Crippen molar-refractivity contribution in [3.8, 4) is 0 Å². The van der Waals surface area contributed by atoms with Crippen LogP contribution in [0.5, 0.6) is 0 Å². The summed E-state index contributed by atoms with van der Waals surface area (Å²) < 4.78 is 28.2. The minimum Gasteiger partial charge on any atom is -0.355 e. The molecular weight excluding hydrogens is 438 g/mol. The zero-order chi connectivity index (χ0) is 24.2. The van der Waals surface area contributed by atoms with Crippen molar-refractivity contribution < 1.29 is 18.0 Å². The second-order valence-electron chi connectivity index (χ2n) is 8.64. The third-order valence-corrected chi connectivity index (χ3v) is 8.53. The smallest absolute Gasteiger partial charge is 0.243 e. The molecule has 3 rings (SSSR count). The molecule has 1 N–H and O–H groups in total. The van der Waals surface area contributed by atoms with Gasteiger partial charge in [-0.25, -0.2) is 8.42 Å². The van der Waals surface area contributed by atoms with Gasteiger partial charge in [-0.05, 0) is 55.5 Å². The highest BCUT2D eigenvalue weighted by Crippen LogP contribution is 2.29. The molecule has 1 heterocycles. The lowest BCUT2D eigenvalue weighted by Crippen LogP contribution is -2.51. The van der Waals surface area contributed by atoms with Gasteiger partial charge in [-0.3, -0.25) is 9.59 Å². The highest BCUT2D eigenvalue weighted by molar-refractivity contribution is 7.89. The van der Waals surface area contributed by atoms with E-state index in [1.165, 1.54) is 4.31 Å². The van der Waals surface area contributed by atoms with Crippen LogP contribution >= 0.6 is 0 Å². The van der Waals surface area contributed by atoms with Crippen molar-refractivity contribution >= 4 is 21.8 Å². The van der Waals surface area contributed by atoms with Crippen molar-refractivity contribution in [2.75, 3.05) is 32.7 Å². The van der Waals surface area contributed by atoms with Crippen LogP contribution in [0.25, 0.3) is 0 Å². The highest BCUT2D eigenvalue weighted by Gasteiger charge is 2.32. The monoisotopic (exact) mass is 471 g/mol. The highest BCUT2D eigenvalue weighted by atomic mass is 32.2. The van der Waals surface area contributed by atoms with Crippen LogP contribution in [-0.4, -0.2) is 62.2 Å². The fourth-order valence-electron chi connectivity index (χ4n) is 4.19. The largest absolute Gasteiger partial charge is 0.355 e. The van der Waals surface area contributed by atoms with Gasteiger partial charge in [0.05, 0.1) is 11.3 Å². The second-order valence-corrected chi connectivity index (χ2v) is 10.5. The molecule has 1 aliphatic heterocycles. The Labute approximate surface area is 196 Å². The SMILES string of the molecule is Cc1cc(C)c(C)c(S(=O)(=O)N2CCN(C(=O)CCNC(=O)Cc3ccccc3)CC2)c1C. The first-order valence-electron chi connectivity index (χ1n) is 11.3. The number of hydrogen-bond donors (Lipinski definition) is 1. The predicted molar refractivity (Wildman–Crippen MR) is 129 cm³/mol. The van der Waals surface area contributed by atoms with Gasteiger partial charge in [0.1, 0.15) is 0 Å². The summed E-state index contributed by atoms with van der Waals surface area (Å²) in [6, 6.07) is 11.5. The van der Waals surface area contributed by atoms with E-state index in [0.29, 0.717) is 18.0 Å². The minimum atomic E-state index is -3.64. The number of piperazine rings is 1. The van der Waals surface area contributed by atoms with E-state index in [2.05, 4.69) is 5.32 Å². The van der Waals surface area contributed by atoms with Crippen LogP contribution < -0.4 is 5.32 Å². The number of sulfonamides is 1. The molecule has 0 aromatic heterocycles. The molecule has 2 aromatic carbocycles. The molecule has 1 saturated heterocycles. The van der Waals surface area contributed by atoms with Gasteiger partial charge in [0.25, 0.3) is 0 Å². The van der Waals surface area contributed by atoms with E-state index in [9.17, 15) is 18.0 Å². The number of rotatable bonds is 7. The van der Waals surface area contributed by atoms with Crippen LogP contribution in [0.3, 0.4) is 0 Å². The van der Waals surface area contributed by atoms with Crippen LogP contribution in [0.15, 0.2) is 41.3 Å². The van der Waals surface area contributed by atoms with Crippen LogP contribution in [0.4, 0.5) is 0 Å². The summed E-state index contributed by atoms with van der Waals surface area (Å²) in [6.45, 7) is 9.04. The molecule has 0 atom stereocenters. The number of amides is 2. The molecule has 7 nitrogen and oxygen atoms in total. The molecule has 2 aromatic rings. The Kier molecular flexibility index (Phi) is 7.92. The molecule has 8 heteroatoms. The van der Waals surface area contributed by atoms with Crippen molar-refractivity contribution in [2.45, 2.75) is 45.4 Å². The number of benzene rings is 2. The lowest BCUT2D eigenvalue weighted by molar-refractivity contribution is -0.132. The molecule has 0 spiro atoms. The normalized spacial score (nSPS) is 14.8. The molecule has 0 unspecified atom stereocenters. The van der Waals surface area contributed by atoms with E-state index in [1.54, 1.807) is 4.90 Å². The second kappa shape index (κ2) is 10.5. The van der Waals surface area contributed by atoms with E-state index in [1.807, 2.05) is 64.1 Å². The molecule has 0 aliphatic carbocycles. The third-order valence-electron chi connectivity index (χ3n) is 6.35. The first-order valence-corrected chi connectivity index (χ1v) is 12.7. The number of aryl methyl sites for hydroxylation is 2. The van der Waals surface area contributed by atoms with Crippen molar-refractivity contribution in [1.29, 1.82) is 0 Å². The average molecular weight is 472 g/mol. The third kappa shape index (κ3) is 5.81. The lowest BCUT2D eigenvalue weighted by atomic mass is 10.0. The van der Waals surface area contributed by atoms with Crippen molar-refractivity contribution in [2.24, 2.45) is 0 Å². The van der Waals surface area contributed by atoms with Gasteiger partial charge >= 0.3 is 0 Å². The Balaban J connectivity index is 1.52. The molecule has 178 valence electrons. The zero-order valence-electron chi connectivity index (χ0n) is 19.8. The number of nitrogens with one attached hydrogen (secondary N) is 1. The van der Waals surface area contributed by atoms with E-state index in [-0.39, 0.29) is 44.3 Å². The number of carbonyl (C=O) groups is 2. The molecule has 1 aliphatic rings. The van der Waals surface area contributed by atoms with Crippen LogP contribution in [0, 0.1) is 27.7 Å². The maximum absolute atomic E-state index is 13.4. The molecule has 2 amide bonds. The Morgan fingerprint density at radius 2 is 1.48 bits per heavy atom. The van der Waals surface area contributed by atoms with Gasteiger partial charge in [-0.1, -0.05) is 36.4 Å². The topological polar surface area (TPSA) is 86.8 Å². The van der Waals surface area contributed by atoms with Gasteiger partial charge in [0, 0.05) is 39.1 Å². The van der Waals surface area contributed by atoms with E-state index >= 15 is 0 Å². The van der Waals surface area contributed by atoms with Crippen molar-refractivity contribution in [3.05, 3.63) is 64.2 Å². The molecular formula is C25H33N3O4S. The van der Waals surface area contributed by atoms with E-state index in [0.717, 1.165) is 27.8 Å². The molecule has 0 saturated carbocycles. The summed E-state index contributed by atoms with van der Waals surface area (Å²) in [7, 11) is -3.64. The Hall–Kier alpha value is -2.71. The van der Waals surface area contributed by atoms with Crippen molar-refractivity contribution in [3.63, 3.8) is 0 Å². The summed E-state index contributed by atoms with van der Waals surface area (Å²) in [6.07, 6.45) is 0.478. The van der Waals surface area contributed by atoms with Gasteiger partial charge in [-0.2, -0.15) is 4.31 Å². The number of hydrogen-bond acceptors (Lipinski definition) is 4. The summed E-state index contributed by atoms with van der Waals surface area (Å²) in [5.74, 6) is -0.199. The summed E-state index contributed by atoms with van der Waals surface area (Å²) in [5, 5.41) is 2.79. The fourth-order valence-corrected chi connectivity index (χ4v) is 6.18. The Bertz CT molecular complexity index is 1100. The first kappa shape index (κ1) is 24.9. The fraction of sp³-hybridized carbons (Fsp3) is 0.440. The molecule has 33 heavy (non-hydrogen) atoms. The number of carbonyl (C=O) groups excluding carboxylic acids is 2. The maximum atomic E-state index is 13.4. The summed E-state index contributed by atoms with van der Waals surface area (Å²) in [5.41, 5.74) is 4.40. The van der Waals surface area contributed by atoms with Crippen LogP contribution in [0.2, 0.25) is 0 Å². The van der Waals surface area contributed by atoms with Gasteiger partial charge < -0.3 is 10.2 Å². The van der Waals surface area contributed by atoms with Crippen molar-refractivity contribution in [1.82, 2.24) is 14.5 Å². The molecule has 0 radical (unpaired) electrons. The van der Waals surface area contributed by atoms with Gasteiger partial charge in [0.15, 0.2) is 0 Å². The Morgan fingerprint density at radius 1 is 0.909 bits per heavy atom. The van der Waals surface area contributed by atoms with Crippen LogP contribution in [0.1, 0.15) is 34.2 Å². The molecule has 1 fully saturated rings. The maximum Gasteiger partial charge on any atom is 0.243 e. The zero-order valence-corrected chi connectivity index (χ0v) is 20.7. The van der Waals surface area contributed by atoms with E-state index < -0.39 is 10.0 Å². The van der Waals surface area contributed by atoms with Crippen LogP contribution in [-0.2, 0) is 26.0 Å². The van der Waals surface area contributed by atoms with Gasteiger partial charge in [0.2, 0.25) is 21.8 Å². The lowest BCUT2D eigenvalue weighted by Gasteiger charge is -2.35. The first-order chi connectivity index (χ1) is 15.6. The Morgan fingerprint density at radius 3 is 2.06 bits per heavy atom. The predicted octanol–water partition coefficient (Wildman–Crippen LogP) is 2.50. The summed E-state index contributed by atoms with van der Waals surface area (Å²) >= 11 is 0. The standard InChI is InChI=1S/C25H33N3O4S/c1-18-16-19(2)21(4)25(20(18)3)33(31,32)28-14-12-27(13-15-28)24(30)10-11-26-23(29)17-22-8-6-5-7-9-22/h5-9,16H,10-15,17H2,1-4H3,(H,26,29). The minimum absolute atomic E-state index is 0.0779. The average Bonchev–Trinajstić information content (AvgIpc) is 2.78. The molecule has 0 bridgehead atoms. The number of nitrogens with zero attached hydrogens (tertiary/aromatic N) is 2. The summed E-state index contributed by atoms with van der Waals surface area (Å²) in [4.78, 5) is 26.7.